The second-order valence-electron chi connectivity index (χ2n) is 9.11. The molecule has 1 atom stereocenters. The molecule has 4 nitrogen and oxygen atoms in total. The van der Waals surface area contributed by atoms with Gasteiger partial charge in [-0.3, -0.25) is 9.59 Å². The average Bonchev–Trinajstić information content (AvgIpc) is 3.04. The maximum Gasteiger partial charge on any atom is 0.225 e. The fraction of sp³-hybridized carbons (Fsp3) is 0.636. The van der Waals surface area contributed by atoms with E-state index < -0.39 is 0 Å². The minimum atomic E-state index is -0.179. The summed E-state index contributed by atoms with van der Waals surface area (Å²) in [5.41, 5.74) is 1.64. The highest BCUT2D eigenvalue weighted by Gasteiger charge is 2.53. The highest BCUT2D eigenvalue weighted by Crippen LogP contribution is 2.52. The number of nitrogens with one attached hydrogen (secondary N) is 1. The van der Waals surface area contributed by atoms with Gasteiger partial charge < -0.3 is 10.2 Å². The van der Waals surface area contributed by atoms with Gasteiger partial charge in [0.05, 0.1) is 0 Å². The van der Waals surface area contributed by atoms with Gasteiger partial charge in [0.15, 0.2) is 0 Å². The Balaban J connectivity index is 1.27. The van der Waals surface area contributed by atoms with E-state index in [0.717, 1.165) is 25.9 Å². The Morgan fingerprint density at radius 2 is 1.85 bits per heavy atom. The zero-order valence-corrected chi connectivity index (χ0v) is 16.0. The summed E-state index contributed by atoms with van der Waals surface area (Å²) in [7, 11) is 0. The van der Waals surface area contributed by atoms with Gasteiger partial charge in [0.1, 0.15) is 0 Å². The first-order chi connectivity index (χ1) is 12.4. The monoisotopic (exact) mass is 354 g/mol. The second-order valence-corrected chi connectivity index (χ2v) is 9.11. The number of hydrogen-bond donors (Lipinski definition) is 1. The molecule has 2 saturated carbocycles. The molecular formula is C22H30N2O2. The summed E-state index contributed by atoms with van der Waals surface area (Å²) in [5, 5.41) is 3.07. The molecule has 1 N–H and O–H groups in total. The van der Waals surface area contributed by atoms with Crippen molar-refractivity contribution in [2.24, 2.45) is 11.3 Å². The van der Waals surface area contributed by atoms with Crippen molar-refractivity contribution in [1.29, 1.82) is 0 Å². The van der Waals surface area contributed by atoms with E-state index in [9.17, 15) is 9.59 Å². The van der Waals surface area contributed by atoms with E-state index in [2.05, 4.69) is 47.5 Å². The first kappa shape index (κ1) is 17.6. The third-order valence-electron chi connectivity index (χ3n) is 6.84. The molecule has 2 aliphatic carbocycles. The summed E-state index contributed by atoms with van der Waals surface area (Å²) < 4.78 is 0. The molecule has 1 heterocycles. The smallest absolute Gasteiger partial charge is 0.225 e. The molecule has 0 aromatic heterocycles. The standard InChI is InChI=1S/C22H30N2O2/c1-3-19(25)23-21(2)11-18(12-21)20(26)24-14-22(15-24)10-9-17(13-22)16-7-5-4-6-8-16/h4-8,17-18H,3,9-15H2,1-2H3,(H,23,25)/t17-,18?,21?/m0/s1. The van der Waals surface area contributed by atoms with Gasteiger partial charge in [-0.2, -0.15) is 0 Å². The van der Waals surface area contributed by atoms with E-state index in [-0.39, 0.29) is 17.4 Å². The lowest BCUT2D eigenvalue weighted by atomic mass is 9.67. The average molecular weight is 354 g/mol. The van der Waals surface area contributed by atoms with Crippen LogP contribution in [0.25, 0.3) is 0 Å². The van der Waals surface area contributed by atoms with Crippen LogP contribution in [0.1, 0.15) is 63.9 Å². The number of rotatable bonds is 4. The van der Waals surface area contributed by atoms with Gasteiger partial charge in [-0.05, 0) is 50.5 Å². The first-order valence-corrected chi connectivity index (χ1v) is 10.1. The highest BCUT2D eigenvalue weighted by atomic mass is 16.2. The van der Waals surface area contributed by atoms with Gasteiger partial charge in [0.2, 0.25) is 11.8 Å². The molecule has 26 heavy (non-hydrogen) atoms. The van der Waals surface area contributed by atoms with Gasteiger partial charge in [-0.15, -0.1) is 0 Å². The van der Waals surface area contributed by atoms with Crippen molar-refractivity contribution in [2.75, 3.05) is 13.1 Å². The topological polar surface area (TPSA) is 49.4 Å². The van der Waals surface area contributed by atoms with Gasteiger partial charge in [0, 0.05) is 36.4 Å². The molecule has 0 unspecified atom stereocenters. The van der Waals surface area contributed by atoms with E-state index in [0.29, 0.717) is 23.7 Å². The third-order valence-corrected chi connectivity index (χ3v) is 6.84. The quantitative estimate of drug-likeness (QED) is 0.900. The maximum absolute atomic E-state index is 12.8. The number of carbonyl (C=O) groups excluding carboxylic acids is 2. The molecule has 2 amide bonds. The summed E-state index contributed by atoms with van der Waals surface area (Å²) in [6.45, 7) is 5.79. The highest BCUT2D eigenvalue weighted by molar-refractivity contribution is 5.82. The van der Waals surface area contributed by atoms with Crippen LogP contribution in [0.15, 0.2) is 30.3 Å². The molecule has 3 aliphatic rings. The molecule has 1 aliphatic heterocycles. The maximum atomic E-state index is 12.8. The Morgan fingerprint density at radius 1 is 1.15 bits per heavy atom. The van der Waals surface area contributed by atoms with Crippen LogP contribution < -0.4 is 5.32 Å². The van der Waals surface area contributed by atoms with E-state index >= 15 is 0 Å². The number of amides is 2. The first-order valence-electron chi connectivity index (χ1n) is 10.1. The molecule has 140 valence electrons. The van der Waals surface area contributed by atoms with Crippen LogP contribution in [0.5, 0.6) is 0 Å². The molecule has 0 bridgehead atoms. The van der Waals surface area contributed by atoms with Gasteiger partial charge >= 0.3 is 0 Å². The van der Waals surface area contributed by atoms with Crippen molar-refractivity contribution >= 4 is 11.8 Å². The lowest BCUT2D eigenvalue weighted by Crippen LogP contribution is -2.63. The van der Waals surface area contributed by atoms with Crippen molar-refractivity contribution in [2.45, 2.75) is 63.8 Å². The predicted molar refractivity (Wildman–Crippen MR) is 102 cm³/mol. The van der Waals surface area contributed by atoms with Crippen molar-refractivity contribution in [3.05, 3.63) is 35.9 Å². The lowest BCUT2D eigenvalue weighted by Gasteiger charge is -2.53. The summed E-state index contributed by atoms with van der Waals surface area (Å²) in [6, 6.07) is 10.8. The van der Waals surface area contributed by atoms with Crippen molar-refractivity contribution in [1.82, 2.24) is 10.2 Å². The molecule has 1 spiro atoms. The van der Waals surface area contributed by atoms with Gasteiger partial charge in [-0.1, -0.05) is 37.3 Å². The third kappa shape index (κ3) is 3.15. The molecule has 4 heteroatoms. The van der Waals surface area contributed by atoms with Crippen LogP contribution in [-0.4, -0.2) is 35.3 Å². The van der Waals surface area contributed by atoms with Crippen LogP contribution >= 0.6 is 0 Å². The van der Waals surface area contributed by atoms with Crippen molar-refractivity contribution in [3.8, 4) is 0 Å². The minimum Gasteiger partial charge on any atom is -0.351 e. The van der Waals surface area contributed by atoms with E-state index in [1.54, 1.807) is 0 Å². The fourth-order valence-electron chi connectivity index (χ4n) is 5.41. The number of carbonyl (C=O) groups is 2. The molecule has 1 aromatic carbocycles. The number of likely N-dealkylation sites (tertiary alicyclic amines) is 1. The second kappa shape index (κ2) is 6.40. The van der Waals surface area contributed by atoms with E-state index in [1.165, 1.54) is 24.8 Å². The predicted octanol–water partition coefficient (Wildman–Crippen LogP) is 3.48. The Bertz CT molecular complexity index is 687. The Kier molecular flexibility index (Phi) is 4.32. The molecule has 1 aromatic rings. The normalized spacial score (nSPS) is 32.0. The van der Waals surface area contributed by atoms with Crippen molar-refractivity contribution < 1.29 is 9.59 Å². The lowest BCUT2D eigenvalue weighted by molar-refractivity contribution is -0.154. The molecular weight excluding hydrogens is 324 g/mol. The number of nitrogens with zero attached hydrogens (tertiary/aromatic N) is 1. The van der Waals surface area contributed by atoms with E-state index in [1.807, 2.05) is 6.92 Å². The molecule has 4 rings (SSSR count). The number of benzene rings is 1. The fourth-order valence-corrected chi connectivity index (χ4v) is 5.41. The van der Waals surface area contributed by atoms with Gasteiger partial charge in [-0.25, -0.2) is 0 Å². The molecule has 3 fully saturated rings. The van der Waals surface area contributed by atoms with E-state index in [4.69, 9.17) is 0 Å². The van der Waals surface area contributed by atoms with Crippen LogP contribution in [0, 0.1) is 11.3 Å². The van der Waals surface area contributed by atoms with Crippen LogP contribution in [0.4, 0.5) is 0 Å². The Morgan fingerprint density at radius 3 is 2.50 bits per heavy atom. The van der Waals surface area contributed by atoms with Crippen molar-refractivity contribution in [3.63, 3.8) is 0 Å². The summed E-state index contributed by atoms with van der Waals surface area (Å²) in [4.78, 5) is 26.4. The largest absolute Gasteiger partial charge is 0.351 e. The Hall–Kier alpha value is -1.84. The zero-order valence-electron chi connectivity index (χ0n) is 16.0. The summed E-state index contributed by atoms with van der Waals surface area (Å²) >= 11 is 0. The number of hydrogen-bond acceptors (Lipinski definition) is 2. The van der Waals surface area contributed by atoms with Crippen LogP contribution in [0.2, 0.25) is 0 Å². The molecule has 0 radical (unpaired) electrons. The Labute approximate surface area is 156 Å². The summed E-state index contributed by atoms with van der Waals surface area (Å²) in [5.74, 6) is 1.15. The zero-order chi connectivity index (χ0) is 18.4. The van der Waals surface area contributed by atoms with Gasteiger partial charge in [0.25, 0.3) is 0 Å². The summed E-state index contributed by atoms with van der Waals surface area (Å²) in [6.07, 6.45) is 5.78. The SMILES string of the molecule is CCC(=O)NC1(C)CC(C(=O)N2CC3(CC[C@H](c4ccccc4)C3)C2)C1. The molecule has 1 saturated heterocycles. The van der Waals surface area contributed by atoms with Crippen LogP contribution in [0.3, 0.4) is 0 Å². The minimum absolute atomic E-state index is 0.0826. The van der Waals surface area contributed by atoms with Crippen LogP contribution in [-0.2, 0) is 9.59 Å².